The lowest BCUT2D eigenvalue weighted by atomic mass is 9.81. The van der Waals surface area contributed by atoms with Crippen LogP contribution in [0.2, 0.25) is 0 Å². The molecular formula is C16H25ClN4O. The number of fused-ring (bicyclic) bond motifs is 1. The van der Waals surface area contributed by atoms with Crippen molar-refractivity contribution in [3.05, 3.63) is 29.6 Å². The number of carbonyl (C=O) groups is 1. The fourth-order valence-electron chi connectivity index (χ4n) is 2.56. The summed E-state index contributed by atoms with van der Waals surface area (Å²) in [7, 11) is 0. The van der Waals surface area contributed by atoms with Crippen LogP contribution in [0.3, 0.4) is 0 Å². The Labute approximate surface area is 137 Å². The Hall–Kier alpha value is -1.59. The van der Waals surface area contributed by atoms with Crippen LogP contribution in [-0.4, -0.2) is 22.4 Å². The highest BCUT2D eigenvalue weighted by Crippen LogP contribution is 2.25. The van der Waals surface area contributed by atoms with E-state index in [0.717, 1.165) is 29.7 Å². The number of rotatable bonds is 6. The molecule has 0 atom stereocenters. The molecule has 0 bridgehead atoms. The average molecular weight is 325 g/mol. The van der Waals surface area contributed by atoms with Gasteiger partial charge in [-0.3, -0.25) is 4.79 Å². The minimum atomic E-state index is -0.470. The highest BCUT2D eigenvalue weighted by molar-refractivity contribution is 5.85. The number of halogens is 1. The van der Waals surface area contributed by atoms with E-state index in [0.29, 0.717) is 13.1 Å². The van der Waals surface area contributed by atoms with Gasteiger partial charge in [0.25, 0.3) is 0 Å². The highest BCUT2D eigenvalue weighted by Gasteiger charge is 2.33. The first-order chi connectivity index (χ1) is 10.0. The minimum Gasteiger partial charge on any atom is -0.348 e. The largest absolute Gasteiger partial charge is 0.348 e. The first-order valence-corrected chi connectivity index (χ1v) is 7.48. The molecule has 0 saturated carbocycles. The van der Waals surface area contributed by atoms with Crippen LogP contribution in [0.1, 0.15) is 38.1 Å². The van der Waals surface area contributed by atoms with Crippen molar-refractivity contribution in [2.45, 2.75) is 40.2 Å². The van der Waals surface area contributed by atoms with E-state index in [4.69, 9.17) is 5.73 Å². The third-order valence-electron chi connectivity index (χ3n) is 4.33. The number of aryl methyl sites for hydroxylation is 1. The first-order valence-electron chi connectivity index (χ1n) is 7.48. The molecule has 2 rings (SSSR count). The molecule has 0 aliphatic carbocycles. The molecule has 1 aromatic carbocycles. The normalized spacial score (nSPS) is 11.3. The average Bonchev–Trinajstić information content (AvgIpc) is 2.89. The lowest BCUT2D eigenvalue weighted by Crippen LogP contribution is -2.45. The van der Waals surface area contributed by atoms with Gasteiger partial charge in [0.05, 0.1) is 23.0 Å². The van der Waals surface area contributed by atoms with E-state index in [9.17, 15) is 4.79 Å². The molecule has 0 spiro atoms. The predicted octanol–water partition coefficient (Wildman–Crippen LogP) is 2.67. The van der Waals surface area contributed by atoms with Crippen LogP contribution in [0, 0.1) is 12.3 Å². The van der Waals surface area contributed by atoms with E-state index in [1.165, 1.54) is 5.56 Å². The summed E-state index contributed by atoms with van der Waals surface area (Å²) in [5.74, 6) is 0.772. The summed E-state index contributed by atoms with van der Waals surface area (Å²) >= 11 is 0. The number of imidazole rings is 1. The Morgan fingerprint density at radius 3 is 2.64 bits per heavy atom. The molecule has 0 aliphatic rings. The van der Waals surface area contributed by atoms with Gasteiger partial charge < -0.3 is 16.0 Å². The van der Waals surface area contributed by atoms with Crippen LogP contribution < -0.4 is 11.1 Å². The monoisotopic (exact) mass is 324 g/mol. The van der Waals surface area contributed by atoms with Crippen molar-refractivity contribution >= 4 is 29.3 Å². The van der Waals surface area contributed by atoms with E-state index in [1.807, 2.05) is 32.9 Å². The molecule has 0 radical (unpaired) electrons. The number of hydrogen-bond acceptors (Lipinski definition) is 3. The van der Waals surface area contributed by atoms with E-state index in [-0.39, 0.29) is 18.3 Å². The van der Waals surface area contributed by atoms with Crippen molar-refractivity contribution in [2.75, 3.05) is 6.54 Å². The topological polar surface area (TPSA) is 83.8 Å². The van der Waals surface area contributed by atoms with Crippen molar-refractivity contribution in [1.82, 2.24) is 15.3 Å². The summed E-state index contributed by atoms with van der Waals surface area (Å²) in [5.41, 5.74) is 8.42. The molecule has 22 heavy (non-hydrogen) atoms. The van der Waals surface area contributed by atoms with Gasteiger partial charge in [0, 0.05) is 6.54 Å². The van der Waals surface area contributed by atoms with Crippen molar-refractivity contribution in [2.24, 2.45) is 11.1 Å². The maximum Gasteiger partial charge on any atom is 0.227 e. The molecule has 5 nitrogen and oxygen atoms in total. The van der Waals surface area contributed by atoms with E-state index >= 15 is 0 Å². The predicted molar refractivity (Wildman–Crippen MR) is 92.0 cm³/mol. The number of nitrogens with two attached hydrogens (primary N) is 1. The van der Waals surface area contributed by atoms with Crippen LogP contribution in [0.5, 0.6) is 0 Å². The molecule has 1 aromatic heterocycles. The first kappa shape index (κ1) is 18.5. The number of H-pyrrole nitrogens is 1. The number of nitrogens with zero attached hydrogens (tertiary/aromatic N) is 1. The number of aromatic amines is 1. The zero-order valence-corrected chi connectivity index (χ0v) is 14.2. The lowest BCUT2D eigenvalue weighted by molar-refractivity contribution is -0.131. The Bertz CT molecular complexity index is 626. The summed E-state index contributed by atoms with van der Waals surface area (Å²) in [6.45, 7) is 6.80. The van der Waals surface area contributed by atoms with Crippen molar-refractivity contribution < 1.29 is 4.79 Å². The summed E-state index contributed by atoms with van der Waals surface area (Å²) in [4.78, 5) is 20.1. The van der Waals surface area contributed by atoms with E-state index in [1.54, 1.807) is 0 Å². The standard InChI is InChI=1S/C16H24N4O.ClH/c1-4-16(5-2,10-17)15(21)18-9-14-19-12-7-6-11(3)8-13(12)20-14;/h6-8H,4-5,9-10,17H2,1-3H3,(H,18,21)(H,19,20);1H. The second-order valence-corrected chi connectivity index (χ2v) is 5.58. The van der Waals surface area contributed by atoms with Crippen LogP contribution in [0.4, 0.5) is 0 Å². The Morgan fingerprint density at radius 2 is 2.05 bits per heavy atom. The van der Waals surface area contributed by atoms with Crippen LogP contribution in [0.15, 0.2) is 18.2 Å². The lowest BCUT2D eigenvalue weighted by Gasteiger charge is -2.28. The molecule has 6 heteroatoms. The molecule has 0 fully saturated rings. The third-order valence-corrected chi connectivity index (χ3v) is 4.33. The molecule has 4 N–H and O–H groups in total. The molecule has 2 aromatic rings. The maximum absolute atomic E-state index is 12.4. The molecule has 0 saturated heterocycles. The number of nitrogens with one attached hydrogen (secondary N) is 2. The van der Waals surface area contributed by atoms with Crippen LogP contribution >= 0.6 is 12.4 Å². The molecule has 0 unspecified atom stereocenters. The molecule has 122 valence electrons. The van der Waals surface area contributed by atoms with Gasteiger partial charge in [-0.1, -0.05) is 19.9 Å². The fourth-order valence-corrected chi connectivity index (χ4v) is 2.56. The maximum atomic E-state index is 12.4. The van der Waals surface area contributed by atoms with Gasteiger partial charge in [0.2, 0.25) is 5.91 Å². The van der Waals surface area contributed by atoms with Gasteiger partial charge in [0.15, 0.2) is 0 Å². The zero-order valence-electron chi connectivity index (χ0n) is 13.4. The second-order valence-electron chi connectivity index (χ2n) is 5.58. The molecule has 1 heterocycles. The van der Waals surface area contributed by atoms with Gasteiger partial charge in [-0.25, -0.2) is 4.98 Å². The quantitative estimate of drug-likeness (QED) is 0.763. The molecule has 1 amide bonds. The van der Waals surface area contributed by atoms with E-state index < -0.39 is 5.41 Å². The number of aromatic nitrogens is 2. The molecular weight excluding hydrogens is 300 g/mol. The number of amides is 1. The van der Waals surface area contributed by atoms with Crippen molar-refractivity contribution in [3.8, 4) is 0 Å². The van der Waals surface area contributed by atoms with Crippen molar-refractivity contribution in [1.29, 1.82) is 0 Å². The molecule has 0 aliphatic heterocycles. The smallest absolute Gasteiger partial charge is 0.227 e. The summed E-state index contributed by atoms with van der Waals surface area (Å²) < 4.78 is 0. The fraction of sp³-hybridized carbons (Fsp3) is 0.500. The summed E-state index contributed by atoms with van der Waals surface area (Å²) in [6.07, 6.45) is 1.48. The Balaban J connectivity index is 0.00000242. The number of benzene rings is 1. The highest BCUT2D eigenvalue weighted by atomic mass is 35.5. The van der Waals surface area contributed by atoms with Gasteiger partial charge in [-0.2, -0.15) is 0 Å². The van der Waals surface area contributed by atoms with Gasteiger partial charge in [0.1, 0.15) is 5.82 Å². The zero-order chi connectivity index (χ0) is 15.5. The van der Waals surface area contributed by atoms with Gasteiger partial charge in [-0.15, -0.1) is 12.4 Å². The summed E-state index contributed by atoms with van der Waals surface area (Å²) in [6, 6.07) is 6.06. The number of hydrogen-bond donors (Lipinski definition) is 3. The van der Waals surface area contributed by atoms with Crippen LogP contribution in [0.25, 0.3) is 11.0 Å². The van der Waals surface area contributed by atoms with Gasteiger partial charge in [-0.05, 0) is 37.5 Å². The van der Waals surface area contributed by atoms with Gasteiger partial charge >= 0.3 is 0 Å². The Kier molecular flexibility index (Phi) is 6.38. The van der Waals surface area contributed by atoms with E-state index in [2.05, 4.69) is 21.4 Å². The Morgan fingerprint density at radius 1 is 1.36 bits per heavy atom. The summed E-state index contributed by atoms with van der Waals surface area (Å²) in [5, 5.41) is 2.96. The minimum absolute atomic E-state index is 0. The van der Waals surface area contributed by atoms with Crippen LogP contribution in [-0.2, 0) is 11.3 Å². The number of carbonyl (C=O) groups excluding carboxylic acids is 1. The SMILES string of the molecule is CCC(CC)(CN)C(=O)NCc1nc2ccc(C)cc2[nH]1.Cl. The second kappa shape index (κ2) is 7.61. The third kappa shape index (κ3) is 3.59. The van der Waals surface area contributed by atoms with Crippen molar-refractivity contribution in [3.63, 3.8) is 0 Å².